The van der Waals surface area contributed by atoms with E-state index in [9.17, 15) is 4.79 Å². The summed E-state index contributed by atoms with van der Waals surface area (Å²) in [7, 11) is 1.75. The van der Waals surface area contributed by atoms with Gasteiger partial charge < -0.3 is 19.1 Å². The third-order valence-corrected chi connectivity index (χ3v) is 8.79. The van der Waals surface area contributed by atoms with Crippen LogP contribution in [0.4, 0.5) is 0 Å². The van der Waals surface area contributed by atoms with Crippen LogP contribution >= 0.6 is 0 Å². The minimum Gasteiger partial charge on any atom is -0.496 e. The number of carbonyl (C=O) groups excluding carboxylic acids is 1. The van der Waals surface area contributed by atoms with Crippen molar-refractivity contribution in [3.05, 3.63) is 52.1 Å². The second kappa shape index (κ2) is 12.5. The Balaban J connectivity index is 1.71. The van der Waals surface area contributed by atoms with Gasteiger partial charge in [0.1, 0.15) is 11.6 Å². The van der Waals surface area contributed by atoms with Crippen LogP contribution in [0.2, 0.25) is 0 Å². The van der Waals surface area contributed by atoms with Gasteiger partial charge in [-0.2, -0.15) is 0 Å². The molecule has 1 aliphatic heterocycles. The Morgan fingerprint density at radius 3 is 2.20 bits per heavy atom. The fourth-order valence-corrected chi connectivity index (χ4v) is 6.43. The summed E-state index contributed by atoms with van der Waals surface area (Å²) in [4.78, 5) is 16.1. The number of hydrogen-bond acceptors (Lipinski definition) is 5. The number of rotatable bonds is 14. The lowest BCUT2D eigenvalue weighted by Crippen LogP contribution is -2.38. The summed E-state index contributed by atoms with van der Waals surface area (Å²) in [6.07, 6.45) is 7.49. The SMILES string of the molecule is CCCCCC(CC)c1cc(C(=O)CN2C(=N)c3cc(OCC)c(OCC)cc3C23CC3)cc(C(C)(C)C)c1OC. The van der Waals surface area contributed by atoms with Gasteiger partial charge in [0.05, 0.1) is 32.4 Å². The molecule has 1 atom stereocenters. The molecule has 0 saturated heterocycles. The molecule has 1 heterocycles. The number of unbranched alkanes of at least 4 members (excludes halogenated alkanes) is 2. The molecule has 41 heavy (non-hydrogen) atoms. The van der Waals surface area contributed by atoms with Crippen molar-refractivity contribution in [2.24, 2.45) is 0 Å². The first kappa shape index (κ1) is 30.9. The number of fused-ring (bicyclic) bond motifs is 2. The van der Waals surface area contributed by atoms with E-state index in [1.165, 1.54) is 19.3 Å². The number of methoxy groups -OCH3 is 1. The molecule has 1 unspecified atom stereocenters. The minimum absolute atomic E-state index is 0.0432. The van der Waals surface area contributed by atoms with E-state index in [2.05, 4.69) is 40.7 Å². The maximum Gasteiger partial charge on any atom is 0.182 e. The highest BCUT2D eigenvalue weighted by atomic mass is 16.5. The summed E-state index contributed by atoms with van der Waals surface area (Å²) in [5.74, 6) is 3.06. The quantitative estimate of drug-likeness (QED) is 0.185. The molecule has 1 fully saturated rings. The first-order valence-electron chi connectivity index (χ1n) is 15.6. The number of benzene rings is 2. The van der Waals surface area contributed by atoms with Gasteiger partial charge in [-0.15, -0.1) is 0 Å². The predicted molar refractivity (Wildman–Crippen MR) is 166 cm³/mol. The van der Waals surface area contributed by atoms with Gasteiger partial charge in [-0.05, 0) is 86.3 Å². The van der Waals surface area contributed by atoms with Crippen LogP contribution in [0.25, 0.3) is 0 Å². The second-order valence-corrected chi connectivity index (χ2v) is 12.6. The zero-order chi connectivity index (χ0) is 29.9. The summed E-state index contributed by atoms with van der Waals surface area (Å²) < 4.78 is 17.8. The van der Waals surface area contributed by atoms with Gasteiger partial charge in [0.25, 0.3) is 0 Å². The van der Waals surface area contributed by atoms with Crippen molar-refractivity contribution in [3.63, 3.8) is 0 Å². The Bertz CT molecular complexity index is 1270. The summed E-state index contributed by atoms with van der Waals surface area (Å²) >= 11 is 0. The molecule has 4 rings (SSSR count). The molecular formula is C35H50N2O4. The van der Waals surface area contributed by atoms with Gasteiger partial charge in [-0.25, -0.2) is 0 Å². The van der Waals surface area contributed by atoms with Crippen molar-refractivity contribution in [1.29, 1.82) is 5.41 Å². The zero-order valence-electron chi connectivity index (χ0n) is 26.5. The van der Waals surface area contributed by atoms with Crippen LogP contribution in [0, 0.1) is 5.41 Å². The van der Waals surface area contributed by atoms with E-state index in [4.69, 9.17) is 19.6 Å². The van der Waals surface area contributed by atoms with Gasteiger partial charge in [-0.3, -0.25) is 10.2 Å². The molecule has 1 N–H and O–H groups in total. The van der Waals surface area contributed by atoms with E-state index in [-0.39, 0.29) is 23.3 Å². The molecule has 0 bridgehead atoms. The van der Waals surface area contributed by atoms with Crippen molar-refractivity contribution in [2.45, 2.75) is 110 Å². The molecule has 0 radical (unpaired) electrons. The third kappa shape index (κ3) is 5.98. The number of carbonyl (C=O) groups is 1. The fourth-order valence-electron chi connectivity index (χ4n) is 6.43. The molecule has 1 aliphatic carbocycles. The van der Waals surface area contributed by atoms with Crippen molar-refractivity contribution in [1.82, 2.24) is 4.90 Å². The highest BCUT2D eigenvalue weighted by molar-refractivity contribution is 6.07. The van der Waals surface area contributed by atoms with E-state index < -0.39 is 0 Å². The standard InChI is InChI=1S/C35H50N2O4/c1-9-13-14-15-23(10-2)25-18-24(19-28(32(25)39-8)34(5,6)7)29(38)22-37-33(36)26-20-30(40-11-3)31(41-12-4)21-27(26)35(37)16-17-35/h18-21,23,36H,9-17,22H2,1-8H3. The summed E-state index contributed by atoms with van der Waals surface area (Å²) in [6, 6.07) is 8.10. The Morgan fingerprint density at radius 2 is 1.66 bits per heavy atom. The van der Waals surface area contributed by atoms with Gasteiger partial charge in [0, 0.05) is 16.7 Å². The van der Waals surface area contributed by atoms with E-state index in [1.54, 1.807) is 7.11 Å². The molecule has 224 valence electrons. The first-order valence-corrected chi connectivity index (χ1v) is 15.6. The van der Waals surface area contributed by atoms with Crippen LogP contribution in [0.5, 0.6) is 17.2 Å². The second-order valence-electron chi connectivity index (χ2n) is 12.6. The lowest BCUT2D eigenvalue weighted by Gasteiger charge is -2.29. The molecule has 6 nitrogen and oxygen atoms in total. The average Bonchev–Trinajstić information content (AvgIpc) is 3.71. The zero-order valence-corrected chi connectivity index (χ0v) is 26.5. The number of amidine groups is 1. The third-order valence-electron chi connectivity index (χ3n) is 8.79. The van der Waals surface area contributed by atoms with Crippen molar-refractivity contribution >= 4 is 11.6 Å². The number of hydrogen-bond donors (Lipinski definition) is 1. The number of nitrogens with zero attached hydrogens (tertiary/aromatic N) is 1. The maximum atomic E-state index is 14.1. The highest BCUT2D eigenvalue weighted by Crippen LogP contribution is 2.58. The van der Waals surface area contributed by atoms with E-state index in [1.807, 2.05) is 36.9 Å². The largest absolute Gasteiger partial charge is 0.496 e. The molecule has 0 amide bonds. The molecular weight excluding hydrogens is 512 g/mol. The Hall–Kier alpha value is -3.02. The maximum absolute atomic E-state index is 14.1. The number of ketones is 1. The Kier molecular flexibility index (Phi) is 9.40. The van der Waals surface area contributed by atoms with Crippen LogP contribution in [0.15, 0.2) is 24.3 Å². The molecule has 2 aromatic carbocycles. The summed E-state index contributed by atoms with van der Waals surface area (Å²) in [5, 5.41) is 9.14. The lowest BCUT2D eigenvalue weighted by molar-refractivity contribution is 0.0943. The normalized spacial score (nSPS) is 16.1. The van der Waals surface area contributed by atoms with Crippen LogP contribution in [0.3, 0.4) is 0 Å². The Labute approximate surface area is 247 Å². The first-order chi connectivity index (χ1) is 19.6. The Morgan fingerprint density at radius 1 is 1.00 bits per heavy atom. The van der Waals surface area contributed by atoms with Gasteiger partial charge >= 0.3 is 0 Å². The smallest absolute Gasteiger partial charge is 0.182 e. The molecule has 1 spiro atoms. The van der Waals surface area contributed by atoms with Gasteiger partial charge in [0.15, 0.2) is 17.3 Å². The van der Waals surface area contributed by atoms with Crippen LogP contribution in [-0.4, -0.2) is 43.4 Å². The molecule has 1 saturated carbocycles. The van der Waals surface area contributed by atoms with E-state index in [0.29, 0.717) is 42.0 Å². The van der Waals surface area contributed by atoms with Crippen molar-refractivity contribution < 1.29 is 19.0 Å². The fraction of sp³-hybridized carbons (Fsp3) is 0.600. The van der Waals surface area contributed by atoms with Crippen molar-refractivity contribution in [3.8, 4) is 17.2 Å². The van der Waals surface area contributed by atoms with Crippen LogP contribution < -0.4 is 14.2 Å². The summed E-state index contributed by atoms with van der Waals surface area (Å²) in [5.41, 5.74) is 4.35. The van der Waals surface area contributed by atoms with Crippen LogP contribution in [-0.2, 0) is 11.0 Å². The number of nitrogens with one attached hydrogen (secondary N) is 1. The van der Waals surface area contributed by atoms with E-state index in [0.717, 1.165) is 53.7 Å². The lowest BCUT2D eigenvalue weighted by atomic mass is 9.80. The van der Waals surface area contributed by atoms with Gasteiger partial charge in [-0.1, -0.05) is 53.9 Å². The van der Waals surface area contributed by atoms with E-state index >= 15 is 0 Å². The molecule has 2 aliphatic rings. The van der Waals surface area contributed by atoms with Crippen LogP contribution in [0.1, 0.15) is 132 Å². The molecule has 0 aromatic heterocycles. The predicted octanol–water partition coefficient (Wildman–Crippen LogP) is 8.38. The average molecular weight is 563 g/mol. The highest BCUT2D eigenvalue weighted by Gasteiger charge is 2.57. The number of ether oxygens (including phenoxy) is 3. The minimum atomic E-state index is -0.313. The molecule has 6 heteroatoms. The monoisotopic (exact) mass is 562 g/mol. The topological polar surface area (TPSA) is 71.9 Å². The number of Topliss-reactive ketones (excluding diaryl/α,β-unsaturated/α-hetero) is 1. The molecule has 2 aromatic rings. The summed E-state index contributed by atoms with van der Waals surface area (Å²) in [6.45, 7) is 16.1. The van der Waals surface area contributed by atoms with Crippen molar-refractivity contribution in [2.75, 3.05) is 26.9 Å². The van der Waals surface area contributed by atoms with Gasteiger partial charge in [0.2, 0.25) is 0 Å².